The zero-order valence-electron chi connectivity index (χ0n) is 38.1. The lowest BCUT2D eigenvalue weighted by Gasteiger charge is -2.12. The fourth-order valence-corrected chi connectivity index (χ4v) is 14.1. The molecule has 0 unspecified atom stereocenters. The Bertz CT molecular complexity index is 4800. The number of rotatable bonds is 4. The molecule has 0 saturated carbocycles. The van der Waals surface area contributed by atoms with Crippen molar-refractivity contribution in [3.63, 3.8) is 0 Å². The van der Waals surface area contributed by atoms with Crippen LogP contribution in [0.3, 0.4) is 0 Å². The van der Waals surface area contributed by atoms with Gasteiger partial charge in [-0.3, -0.25) is 28.3 Å². The molecule has 16 aromatic rings. The van der Waals surface area contributed by atoms with Crippen molar-refractivity contribution in [2.45, 2.75) is 39.8 Å². The van der Waals surface area contributed by atoms with Crippen molar-refractivity contribution in [1.29, 1.82) is 0 Å². The summed E-state index contributed by atoms with van der Waals surface area (Å²) in [6.07, 6.45) is 0. The van der Waals surface area contributed by atoms with Crippen LogP contribution in [-0.4, -0.2) is 9.13 Å². The zero-order chi connectivity index (χ0) is 47.5. The van der Waals surface area contributed by atoms with Gasteiger partial charge in [-0.1, -0.05) is 141 Å². The first-order chi connectivity index (χ1) is 33.9. The summed E-state index contributed by atoms with van der Waals surface area (Å²) in [6.45, 7) is 7.59. The Morgan fingerprint density at radius 3 is 0.929 bits per heavy atom. The fraction of sp³-hybridized carbons (Fsp3) is 0.0968. The summed E-state index contributed by atoms with van der Waals surface area (Å²) in [7, 11) is 0. The van der Waals surface area contributed by atoms with Gasteiger partial charge in [0.1, 0.15) is 0 Å². The molecular formula is C62H36Br2N2O4. The zero-order valence-corrected chi connectivity index (χ0v) is 41.3. The molecule has 14 aromatic carbocycles. The maximum Gasteiger partial charge on any atom is 0.262 e. The monoisotopic (exact) mass is 1030 g/mol. The predicted molar refractivity (Wildman–Crippen MR) is 301 cm³/mol. The van der Waals surface area contributed by atoms with E-state index in [1.807, 2.05) is 76.2 Å². The molecule has 70 heavy (non-hydrogen) atoms. The van der Waals surface area contributed by atoms with Gasteiger partial charge in [0.05, 0.1) is 21.5 Å². The van der Waals surface area contributed by atoms with Gasteiger partial charge in [0.15, 0.2) is 0 Å². The molecule has 0 aliphatic rings. The number of hydrogen-bond donors (Lipinski definition) is 0. The highest BCUT2D eigenvalue weighted by Crippen LogP contribution is 2.55. The van der Waals surface area contributed by atoms with E-state index in [0.29, 0.717) is 21.5 Å². The Morgan fingerprint density at radius 1 is 0.314 bits per heavy atom. The standard InChI is InChI=1S/C37H23NO2.C25H13Br2NO2/c1-19(2)38-36(39)34-27-17-25(20-9-5-3-6-10-20)23-15-13-22-14-16-24-26(21-11-7-4-8-12-21)18-28(35(34)37(38)40)33-31(24)29(22)30(23)32(27)33;1-9(2)28-24(29)22-13-7-15(26)11-5-3-10-4-6-12-16(27)8-14(23(22)25(28)30)21-19(12)17(10)18(11)20(13)21/h3-19H,1-2H3;3-9H,1-2H3. The molecule has 332 valence electrons. The summed E-state index contributed by atoms with van der Waals surface area (Å²) in [6, 6.07) is 46.1. The molecule has 0 radical (unpaired) electrons. The van der Waals surface area contributed by atoms with Gasteiger partial charge >= 0.3 is 0 Å². The van der Waals surface area contributed by atoms with Crippen molar-refractivity contribution in [2.24, 2.45) is 0 Å². The molecule has 16 rings (SSSR count). The average Bonchev–Trinajstić information content (AvgIpc) is 4.08. The fourth-order valence-electron chi connectivity index (χ4n) is 13.0. The van der Waals surface area contributed by atoms with E-state index in [9.17, 15) is 19.2 Å². The summed E-state index contributed by atoms with van der Waals surface area (Å²) >= 11 is 7.48. The van der Waals surface area contributed by atoms with Gasteiger partial charge in [0.25, 0.3) is 22.2 Å². The highest BCUT2D eigenvalue weighted by molar-refractivity contribution is 9.11. The second-order valence-electron chi connectivity index (χ2n) is 19.8. The van der Waals surface area contributed by atoms with Crippen molar-refractivity contribution in [1.82, 2.24) is 9.13 Å². The molecule has 0 N–H and O–H groups in total. The topological polar surface area (TPSA) is 78.1 Å². The van der Waals surface area contributed by atoms with Crippen LogP contribution in [0.5, 0.6) is 0 Å². The van der Waals surface area contributed by atoms with Gasteiger partial charge in [-0.25, -0.2) is 0 Å². The maximum absolute atomic E-state index is 14.1. The second-order valence-corrected chi connectivity index (χ2v) is 21.5. The number of fused-ring (bicyclic) bond motifs is 6. The van der Waals surface area contributed by atoms with Crippen molar-refractivity contribution in [3.05, 3.63) is 184 Å². The highest BCUT2D eigenvalue weighted by atomic mass is 79.9. The first-order valence-electron chi connectivity index (χ1n) is 23.7. The van der Waals surface area contributed by atoms with E-state index in [1.165, 1.54) is 63.0 Å². The quantitative estimate of drug-likeness (QED) is 0.165. The van der Waals surface area contributed by atoms with Gasteiger partial charge in [-0.05, 0) is 182 Å². The van der Waals surface area contributed by atoms with Crippen LogP contribution >= 0.6 is 31.9 Å². The number of nitrogens with zero attached hydrogens (tertiary/aromatic N) is 2. The van der Waals surface area contributed by atoms with Crippen LogP contribution in [-0.2, 0) is 0 Å². The van der Waals surface area contributed by atoms with E-state index < -0.39 is 0 Å². The van der Waals surface area contributed by atoms with E-state index in [4.69, 9.17) is 0 Å². The number of aromatic nitrogens is 2. The van der Waals surface area contributed by atoms with Crippen LogP contribution in [0.2, 0.25) is 0 Å². The Balaban J connectivity index is 0.000000131. The molecule has 0 atom stereocenters. The lowest BCUT2D eigenvalue weighted by Crippen LogP contribution is -2.27. The van der Waals surface area contributed by atoms with Crippen LogP contribution in [0.4, 0.5) is 0 Å². The normalized spacial score (nSPS) is 12.9. The first-order valence-corrected chi connectivity index (χ1v) is 25.3. The molecule has 0 spiro atoms. The van der Waals surface area contributed by atoms with Gasteiger partial charge in [-0.15, -0.1) is 0 Å². The Kier molecular flexibility index (Phi) is 7.86. The third kappa shape index (κ3) is 4.74. The van der Waals surface area contributed by atoms with Crippen molar-refractivity contribution < 1.29 is 0 Å². The Morgan fingerprint density at radius 2 is 0.600 bits per heavy atom. The van der Waals surface area contributed by atoms with E-state index in [-0.39, 0.29) is 34.3 Å². The molecule has 0 amide bonds. The van der Waals surface area contributed by atoms with Crippen LogP contribution in [0.15, 0.2) is 162 Å². The van der Waals surface area contributed by atoms with E-state index in [2.05, 4.69) is 117 Å². The van der Waals surface area contributed by atoms with E-state index >= 15 is 0 Å². The third-order valence-electron chi connectivity index (χ3n) is 15.7. The molecule has 0 fully saturated rings. The summed E-state index contributed by atoms with van der Waals surface area (Å²) in [4.78, 5) is 55.1. The second kappa shape index (κ2) is 13.6. The largest absolute Gasteiger partial charge is 0.272 e. The average molecular weight is 1030 g/mol. The SMILES string of the molecule is CC(C)n1c(=O)c2c3cc(-c4ccccc4)c4ccc5ccc6c(-c7ccccc7)cc(c2c1=O)c1c6c5c4c31.CC(C)n1c(=O)c2c3cc(Br)c4ccc5ccc6c(Br)cc(c2c1=O)c1c6c5c4c31. The highest BCUT2D eigenvalue weighted by Gasteiger charge is 2.31. The molecule has 6 nitrogen and oxygen atoms in total. The molecule has 2 aromatic heterocycles. The van der Waals surface area contributed by atoms with Gasteiger partial charge in [-0.2, -0.15) is 0 Å². The van der Waals surface area contributed by atoms with Crippen LogP contribution < -0.4 is 22.2 Å². The smallest absolute Gasteiger partial charge is 0.262 e. The third-order valence-corrected chi connectivity index (χ3v) is 17.0. The van der Waals surface area contributed by atoms with Crippen molar-refractivity contribution in [2.75, 3.05) is 0 Å². The van der Waals surface area contributed by atoms with Gasteiger partial charge in [0, 0.05) is 21.0 Å². The molecule has 0 aliphatic carbocycles. The maximum atomic E-state index is 14.1. The molecule has 0 aliphatic heterocycles. The minimum Gasteiger partial charge on any atom is -0.272 e. The van der Waals surface area contributed by atoms with Crippen LogP contribution in [0.1, 0.15) is 39.8 Å². The summed E-state index contributed by atoms with van der Waals surface area (Å²) in [5.41, 5.74) is 3.59. The van der Waals surface area contributed by atoms with Crippen LogP contribution in [0, 0.1) is 0 Å². The predicted octanol–water partition coefficient (Wildman–Crippen LogP) is 15.8. The number of hydrogen-bond acceptors (Lipinski definition) is 4. The Hall–Kier alpha value is -7.52. The molecule has 8 heteroatoms. The number of halogens is 2. The lowest BCUT2D eigenvalue weighted by atomic mass is 9.89. The van der Waals surface area contributed by atoms with Crippen molar-refractivity contribution >= 4 is 161 Å². The molecule has 0 bridgehead atoms. The van der Waals surface area contributed by atoms with E-state index in [0.717, 1.165) is 85.1 Å². The van der Waals surface area contributed by atoms with Crippen LogP contribution in [0.25, 0.3) is 152 Å². The number of benzene rings is 12. The first kappa shape index (κ1) is 40.4. The molecule has 0 saturated heterocycles. The minimum absolute atomic E-state index is 0.194. The Labute approximate surface area is 413 Å². The lowest BCUT2D eigenvalue weighted by molar-refractivity contribution is 0.574. The minimum atomic E-state index is -0.231. The van der Waals surface area contributed by atoms with E-state index in [1.54, 1.807) is 0 Å². The molecule has 2 heterocycles. The van der Waals surface area contributed by atoms with Gasteiger partial charge < -0.3 is 0 Å². The summed E-state index contributed by atoms with van der Waals surface area (Å²) < 4.78 is 4.73. The van der Waals surface area contributed by atoms with Gasteiger partial charge in [0.2, 0.25) is 0 Å². The summed E-state index contributed by atoms with van der Waals surface area (Å²) in [5, 5.41) is 24.2. The summed E-state index contributed by atoms with van der Waals surface area (Å²) in [5.74, 6) is 0. The molecular weight excluding hydrogens is 996 g/mol. The van der Waals surface area contributed by atoms with Crippen molar-refractivity contribution in [3.8, 4) is 22.3 Å².